The van der Waals surface area contributed by atoms with Crippen molar-refractivity contribution in [2.45, 2.75) is 44.8 Å². The van der Waals surface area contributed by atoms with Gasteiger partial charge in [-0.3, -0.25) is 4.90 Å². The molecular weight excluding hydrogens is 415 g/mol. The number of likely N-dealkylation sites (tertiary alicyclic amines) is 1. The van der Waals surface area contributed by atoms with Crippen molar-refractivity contribution in [3.63, 3.8) is 0 Å². The summed E-state index contributed by atoms with van der Waals surface area (Å²) in [5.41, 5.74) is 4.08. The maximum Gasteiger partial charge on any atom is 0.119 e. The lowest BCUT2D eigenvalue weighted by atomic mass is 9.84. The van der Waals surface area contributed by atoms with Crippen LogP contribution in [0.5, 0.6) is 11.5 Å². The molecule has 2 heterocycles. The number of benzene rings is 2. The summed E-state index contributed by atoms with van der Waals surface area (Å²) in [4.78, 5) is 4.85. The molecule has 180 valence electrons. The smallest absolute Gasteiger partial charge is 0.119 e. The topological polar surface area (TPSA) is 24.9 Å². The van der Waals surface area contributed by atoms with Gasteiger partial charge in [-0.25, -0.2) is 4.39 Å². The SMILES string of the molecule is C=C.CCN1Cc2cc(OCCCN3CCC(F)CC3)ccc2C(c2ccc(OC)cc2)C1. The predicted molar refractivity (Wildman–Crippen MR) is 134 cm³/mol. The summed E-state index contributed by atoms with van der Waals surface area (Å²) in [5.74, 6) is 2.21. The Hall–Kier alpha value is -2.37. The first kappa shape index (κ1) is 25.3. The molecule has 4 rings (SSSR count). The van der Waals surface area contributed by atoms with E-state index in [4.69, 9.17) is 9.47 Å². The van der Waals surface area contributed by atoms with Crippen LogP contribution in [-0.4, -0.2) is 62.4 Å². The van der Waals surface area contributed by atoms with Crippen molar-refractivity contribution in [1.29, 1.82) is 0 Å². The second kappa shape index (κ2) is 12.8. The highest BCUT2D eigenvalue weighted by molar-refractivity contribution is 5.45. The Balaban J connectivity index is 0.00000149. The molecule has 0 radical (unpaired) electrons. The molecule has 2 aromatic rings. The summed E-state index contributed by atoms with van der Waals surface area (Å²) in [6.07, 6.45) is 1.72. The third-order valence-corrected chi connectivity index (χ3v) is 6.69. The number of nitrogens with zero attached hydrogens (tertiary/aromatic N) is 2. The molecule has 0 N–H and O–H groups in total. The average Bonchev–Trinajstić information content (AvgIpc) is 2.88. The summed E-state index contributed by atoms with van der Waals surface area (Å²) in [6.45, 7) is 14.7. The van der Waals surface area contributed by atoms with E-state index in [-0.39, 0.29) is 0 Å². The molecule has 2 aliphatic rings. The number of rotatable bonds is 8. The molecule has 1 fully saturated rings. The Bertz CT molecular complexity index is 849. The number of ether oxygens (including phenoxy) is 2. The molecule has 1 unspecified atom stereocenters. The largest absolute Gasteiger partial charge is 0.497 e. The van der Waals surface area contributed by atoms with Gasteiger partial charge in [-0.1, -0.05) is 25.1 Å². The van der Waals surface area contributed by atoms with Gasteiger partial charge in [-0.05, 0) is 66.8 Å². The van der Waals surface area contributed by atoms with Crippen LogP contribution in [0.4, 0.5) is 4.39 Å². The van der Waals surface area contributed by atoms with Crippen molar-refractivity contribution in [3.8, 4) is 11.5 Å². The van der Waals surface area contributed by atoms with Gasteiger partial charge in [-0.15, -0.1) is 13.2 Å². The monoisotopic (exact) mass is 454 g/mol. The molecule has 0 bridgehead atoms. The molecule has 33 heavy (non-hydrogen) atoms. The van der Waals surface area contributed by atoms with Crippen LogP contribution < -0.4 is 9.47 Å². The molecule has 0 aromatic heterocycles. The molecular formula is C28H39FN2O2. The Morgan fingerprint density at radius 3 is 2.36 bits per heavy atom. The fourth-order valence-corrected chi connectivity index (χ4v) is 4.78. The molecule has 0 amide bonds. The number of hydrogen-bond acceptors (Lipinski definition) is 4. The van der Waals surface area contributed by atoms with Crippen LogP contribution >= 0.6 is 0 Å². The first-order valence-corrected chi connectivity index (χ1v) is 12.1. The number of methoxy groups -OCH3 is 1. The minimum Gasteiger partial charge on any atom is -0.497 e. The summed E-state index contributed by atoms with van der Waals surface area (Å²) in [6, 6.07) is 15.1. The first-order valence-electron chi connectivity index (χ1n) is 12.1. The van der Waals surface area contributed by atoms with E-state index in [9.17, 15) is 4.39 Å². The van der Waals surface area contributed by atoms with Gasteiger partial charge in [0.1, 0.15) is 17.7 Å². The lowest BCUT2D eigenvalue weighted by Gasteiger charge is -2.34. The van der Waals surface area contributed by atoms with Gasteiger partial charge < -0.3 is 14.4 Å². The zero-order valence-electron chi connectivity index (χ0n) is 20.3. The minimum atomic E-state index is -0.604. The highest BCUT2D eigenvalue weighted by Gasteiger charge is 2.26. The van der Waals surface area contributed by atoms with Gasteiger partial charge in [0.15, 0.2) is 0 Å². The van der Waals surface area contributed by atoms with E-state index in [0.717, 1.165) is 57.2 Å². The fraction of sp³-hybridized carbons (Fsp3) is 0.500. The lowest BCUT2D eigenvalue weighted by molar-refractivity contribution is 0.143. The molecule has 2 aliphatic heterocycles. The van der Waals surface area contributed by atoms with Gasteiger partial charge in [0.2, 0.25) is 0 Å². The second-order valence-corrected chi connectivity index (χ2v) is 8.73. The zero-order chi connectivity index (χ0) is 23.6. The van der Waals surface area contributed by atoms with Crippen molar-refractivity contribution in [1.82, 2.24) is 9.80 Å². The Labute approximate surface area is 199 Å². The highest BCUT2D eigenvalue weighted by atomic mass is 19.1. The molecule has 1 atom stereocenters. The van der Waals surface area contributed by atoms with E-state index in [1.165, 1.54) is 16.7 Å². The van der Waals surface area contributed by atoms with E-state index in [1.54, 1.807) is 7.11 Å². The highest BCUT2D eigenvalue weighted by Crippen LogP contribution is 2.36. The summed E-state index contributed by atoms with van der Waals surface area (Å²) in [5, 5.41) is 0. The molecule has 0 aliphatic carbocycles. The number of alkyl halides is 1. The van der Waals surface area contributed by atoms with E-state index in [0.29, 0.717) is 25.4 Å². The van der Waals surface area contributed by atoms with Crippen LogP contribution in [0.3, 0.4) is 0 Å². The average molecular weight is 455 g/mol. The van der Waals surface area contributed by atoms with Crippen LogP contribution in [0.2, 0.25) is 0 Å². The van der Waals surface area contributed by atoms with E-state index in [2.05, 4.69) is 60.2 Å². The van der Waals surface area contributed by atoms with Crippen molar-refractivity contribution in [3.05, 3.63) is 72.3 Å². The van der Waals surface area contributed by atoms with Crippen LogP contribution in [0.25, 0.3) is 0 Å². The number of fused-ring (bicyclic) bond motifs is 1. The zero-order valence-corrected chi connectivity index (χ0v) is 20.3. The normalized spacial score (nSPS) is 19.3. The van der Waals surface area contributed by atoms with Crippen molar-refractivity contribution >= 4 is 0 Å². The van der Waals surface area contributed by atoms with E-state index in [1.807, 2.05) is 12.1 Å². The first-order chi connectivity index (χ1) is 16.2. The minimum absolute atomic E-state index is 0.363. The molecule has 0 spiro atoms. The van der Waals surface area contributed by atoms with Crippen LogP contribution in [0, 0.1) is 0 Å². The number of piperidine rings is 1. The quantitative estimate of drug-likeness (QED) is 0.379. The van der Waals surface area contributed by atoms with E-state index < -0.39 is 6.17 Å². The summed E-state index contributed by atoms with van der Waals surface area (Å²) < 4.78 is 24.7. The molecule has 2 aromatic carbocycles. The second-order valence-electron chi connectivity index (χ2n) is 8.73. The lowest BCUT2D eigenvalue weighted by Crippen LogP contribution is -2.35. The molecule has 4 nitrogen and oxygen atoms in total. The number of halogens is 1. The van der Waals surface area contributed by atoms with Gasteiger partial charge in [0.25, 0.3) is 0 Å². The van der Waals surface area contributed by atoms with Crippen molar-refractivity contribution < 1.29 is 13.9 Å². The Morgan fingerprint density at radius 1 is 1.00 bits per heavy atom. The van der Waals surface area contributed by atoms with Gasteiger partial charge in [0.05, 0.1) is 13.7 Å². The van der Waals surface area contributed by atoms with Crippen molar-refractivity contribution in [2.75, 3.05) is 46.4 Å². The third-order valence-electron chi connectivity index (χ3n) is 6.69. The standard InChI is InChI=1S/C26H35FN2O2.C2H4/c1-3-28-18-21-17-24(31-16-4-13-29-14-11-22(27)12-15-29)9-10-25(21)26(19-28)20-5-7-23(30-2)8-6-20;1-2/h5-10,17,22,26H,3-4,11-16,18-19H2,1-2H3;1-2H2. The number of likely N-dealkylation sites (N-methyl/N-ethyl adjacent to an activating group) is 1. The molecule has 0 saturated carbocycles. The molecule has 5 heteroatoms. The maximum absolute atomic E-state index is 13.3. The maximum atomic E-state index is 13.3. The van der Waals surface area contributed by atoms with Gasteiger partial charge >= 0.3 is 0 Å². The number of hydrogen-bond donors (Lipinski definition) is 0. The van der Waals surface area contributed by atoms with Gasteiger partial charge in [0, 0.05) is 38.6 Å². The summed E-state index contributed by atoms with van der Waals surface area (Å²) in [7, 11) is 1.71. The third kappa shape index (κ3) is 6.81. The van der Waals surface area contributed by atoms with Crippen LogP contribution in [-0.2, 0) is 6.54 Å². The van der Waals surface area contributed by atoms with Crippen LogP contribution in [0.1, 0.15) is 48.8 Å². The Morgan fingerprint density at radius 2 is 1.70 bits per heavy atom. The summed E-state index contributed by atoms with van der Waals surface area (Å²) >= 11 is 0. The molecule has 1 saturated heterocycles. The van der Waals surface area contributed by atoms with E-state index >= 15 is 0 Å². The fourth-order valence-electron chi connectivity index (χ4n) is 4.78. The van der Waals surface area contributed by atoms with Gasteiger partial charge in [-0.2, -0.15) is 0 Å². The predicted octanol–water partition coefficient (Wildman–Crippen LogP) is 5.67. The van der Waals surface area contributed by atoms with Crippen molar-refractivity contribution in [2.24, 2.45) is 0 Å². The van der Waals surface area contributed by atoms with Crippen LogP contribution in [0.15, 0.2) is 55.6 Å². The Kier molecular flexibility index (Phi) is 9.76.